The van der Waals surface area contributed by atoms with E-state index >= 15 is 0 Å². The highest BCUT2D eigenvalue weighted by atomic mass is 35.5. The summed E-state index contributed by atoms with van der Waals surface area (Å²) in [5, 5.41) is 27.9. The van der Waals surface area contributed by atoms with Crippen molar-refractivity contribution in [2.24, 2.45) is 0 Å². The van der Waals surface area contributed by atoms with Crippen LogP contribution in [0.4, 0.5) is 22.1 Å². The van der Waals surface area contributed by atoms with Crippen molar-refractivity contribution >= 4 is 45.9 Å². The maximum absolute atomic E-state index is 13.9. The van der Waals surface area contributed by atoms with Crippen LogP contribution in [0.1, 0.15) is 44.6 Å². The number of nitrogens with zero attached hydrogens (tertiary/aromatic N) is 5. The summed E-state index contributed by atoms with van der Waals surface area (Å²) in [6.45, 7) is 5.28. The van der Waals surface area contributed by atoms with Crippen LogP contribution in [0.25, 0.3) is 16.6 Å². The Balaban J connectivity index is 1.80. The first-order valence-electron chi connectivity index (χ1n) is 12.3. The van der Waals surface area contributed by atoms with E-state index in [0.717, 1.165) is 0 Å². The van der Waals surface area contributed by atoms with Crippen molar-refractivity contribution in [2.45, 2.75) is 38.8 Å². The average Bonchev–Trinajstić information content (AvgIpc) is 2.88. The molecule has 0 aliphatic carbocycles. The highest BCUT2D eigenvalue weighted by molar-refractivity contribution is 6.35. The molecule has 6 N–H and O–H groups in total. The topological polar surface area (TPSA) is 184 Å². The predicted octanol–water partition coefficient (Wildman–Crippen LogP) is 3.74. The van der Waals surface area contributed by atoms with Gasteiger partial charge in [-0.05, 0) is 57.5 Å². The monoisotopic (exact) mass is 561 g/mol. The second-order valence-electron chi connectivity index (χ2n) is 9.69. The number of halogens is 1. The molecule has 2 heterocycles. The molecule has 2 amide bonds. The molecular formula is C27H28ClN9O3. The summed E-state index contributed by atoms with van der Waals surface area (Å²) in [4.78, 5) is 39.3. The molecule has 1 unspecified atom stereocenters. The van der Waals surface area contributed by atoms with E-state index in [-0.39, 0.29) is 34.2 Å². The van der Waals surface area contributed by atoms with Gasteiger partial charge in [0.1, 0.15) is 35.4 Å². The van der Waals surface area contributed by atoms with Gasteiger partial charge >= 0.3 is 6.03 Å². The van der Waals surface area contributed by atoms with Crippen LogP contribution in [-0.2, 0) is 0 Å². The number of nitriles is 1. The van der Waals surface area contributed by atoms with E-state index in [1.54, 1.807) is 63.2 Å². The van der Waals surface area contributed by atoms with E-state index in [2.05, 4.69) is 25.9 Å². The molecule has 0 spiro atoms. The quantitative estimate of drug-likeness (QED) is 0.214. The Labute approximate surface area is 234 Å². The maximum atomic E-state index is 13.9. The minimum Gasteiger partial charge on any atom is -0.396 e. The van der Waals surface area contributed by atoms with Gasteiger partial charge in [0, 0.05) is 17.8 Å². The van der Waals surface area contributed by atoms with Crippen molar-refractivity contribution in [2.75, 3.05) is 23.0 Å². The minimum atomic E-state index is -0.642. The minimum absolute atomic E-state index is 0.0158. The Kier molecular flexibility index (Phi) is 8.18. The molecule has 0 aliphatic rings. The van der Waals surface area contributed by atoms with Crippen LogP contribution in [-0.4, -0.2) is 42.8 Å². The summed E-state index contributed by atoms with van der Waals surface area (Å²) in [5.41, 5.74) is 6.07. The molecule has 2 aromatic heterocycles. The molecule has 0 aliphatic heterocycles. The van der Waals surface area contributed by atoms with E-state index in [1.165, 1.54) is 10.9 Å². The van der Waals surface area contributed by atoms with Crippen LogP contribution in [0.3, 0.4) is 0 Å². The smallest absolute Gasteiger partial charge is 0.319 e. The number of urea groups is 1. The van der Waals surface area contributed by atoms with Crippen LogP contribution in [0, 0.1) is 11.3 Å². The molecule has 13 heteroatoms. The Bertz CT molecular complexity index is 1680. The van der Waals surface area contributed by atoms with Crippen LogP contribution >= 0.6 is 11.6 Å². The first kappa shape index (κ1) is 28.3. The number of anilines is 3. The lowest BCUT2D eigenvalue weighted by Crippen LogP contribution is -2.46. The lowest BCUT2D eigenvalue weighted by molar-refractivity contribution is 0.218. The van der Waals surface area contributed by atoms with E-state index in [1.807, 2.05) is 6.07 Å². The van der Waals surface area contributed by atoms with Gasteiger partial charge in [0.15, 0.2) is 0 Å². The first-order chi connectivity index (χ1) is 19.0. The summed E-state index contributed by atoms with van der Waals surface area (Å²) in [6.07, 6.45) is 1.60. The van der Waals surface area contributed by atoms with Gasteiger partial charge in [-0.3, -0.25) is 9.36 Å². The third-order valence-corrected chi connectivity index (χ3v) is 6.47. The summed E-state index contributed by atoms with van der Waals surface area (Å²) in [7, 11) is 0. The lowest BCUT2D eigenvalue weighted by Gasteiger charge is -2.25. The predicted molar refractivity (Wildman–Crippen MR) is 153 cm³/mol. The normalized spacial score (nSPS) is 12.0. The van der Waals surface area contributed by atoms with Crippen LogP contribution in [0.5, 0.6) is 0 Å². The Morgan fingerprint density at radius 3 is 2.73 bits per heavy atom. The number of carbonyl (C=O) groups excluding carboxylic acids is 1. The summed E-state index contributed by atoms with van der Waals surface area (Å²) in [6, 6.07) is 12.6. The van der Waals surface area contributed by atoms with E-state index in [4.69, 9.17) is 22.3 Å². The maximum Gasteiger partial charge on any atom is 0.319 e. The van der Waals surface area contributed by atoms with E-state index < -0.39 is 23.2 Å². The number of hydrogen-bond donors (Lipinski definition) is 5. The zero-order valence-corrected chi connectivity index (χ0v) is 22.8. The number of nitrogen functional groups attached to an aromatic ring is 1. The molecule has 0 radical (unpaired) electrons. The molecule has 0 saturated heterocycles. The van der Waals surface area contributed by atoms with Crippen LogP contribution in [0.15, 0.2) is 53.6 Å². The van der Waals surface area contributed by atoms with Gasteiger partial charge in [-0.15, -0.1) is 0 Å². The zero-order valence-electron chi connectivity index (χ0n) is 22.1. The molecule has 12 nitrogen and oxygen atoms in total. The third-order valence-electron chi connectivity index (χ3n) is 6.15. The molecule has 40 heavy (non-hydrogen) atoms. The standard InChI is InChI=1S/C27H28ClN9O3/c1-15(33-23-18(13-29)22(30)31-14-32-23)24-35-20-9-5-8-19(28)21(20)25(39)37(24)17-7-4-6-16(12-17)34-26(40)36-27(2,3)10-11-38/h4-9,12,14-15,38H,10-11H2,1-3H3,(H2,34,36,40)(H3,30,31,32,33). The van der Waals surface area contributed by atoms with Crippen molar-refractivity contribution in [3.63, 3.8) is 0 Å². The fraction of sp³-hybridized carbons (Fsp3) is 0.259. The highest BCUT2D eigenvalue weighted by Crippen LogP contribution is 2.27. The first-order valence-corrected chi connectivity index (χ1v) is 12.7. The third kappa shape index (κ3) is 5.96. The number of aliphatic hydroxyl groups excluding tert-OH is 1. The van der Waals surface area contributed by atoms with Crippen LogP contribution in [0.2, 0.25) is 5.02 Å². The SMILES string of the molecule is CC(Nc1ncnc(N)c1C#N)c1nc2cccc(Cl)c2c(=O)n1-c1cccc(NC(=O)NC(C)(C)CCO)c1. The van der Waals surface area contributed by atoms with Crippen LogP contribution < -0.4 is 27.2 Å². The van der Waals surface area contributed by atoms with Gasteiger partial charge in [-0.1, -0.05) is 23.7 Å². The highest BCUT2D eigenvalue weighted by Gasteiger charge is 2.23. The van der Waals surface area contributed by atoms with E-state index in [0.29, 0.717) is 29.1 Å². The number of aromatic nitrogens is 4. The van der Waals surface area contributed by atoms with Crippen molar-refractivity contribution in [3.05, 3.63) is 75.6 Å². The fourth-order valence-electron chi connectivity index (χ4n) is 4.17. The van der Waals surface area contributed by atoms with Crippen molar-refractivity contribution in [1.82, 2.24) is 24.8 Å². The van der Waals surface area contributed by atoms with Gasteiger partial charge in [0.25, 0.3) is 5.56 Å². The fourth-order valence-corrected chi connectivity index (χ4v) is 4.42. The molecule has 0 fully saturated rings. The lowest BCUT2D eigenvalue weighted by atomic mass is 10.0. The molecule has 4 aromatic rings. The molecule has 2 aromatic carbocycles. The second-order valence-corrected chi connectivity index (χ2v) is 10.1. The Hall–Kier alpha value is -4.73. The van der Waals surface area contributed by atoms with Crippen molar-refractivity contribution in [3.8, 4) is 11.8 Å². The molecular weight excluding hydrogens is 534 g/mol. The molecule has 0 saturated carbocycles. The number of fused-ring (bicyclic) bond motifs is 1. The summed E-state index contributed by atoms with van der Waals surface area (Å²) < 4.78 is 1.39. The largest absolute Gasteiger partial charge is 0.396 e. The number of nitrogens with one attached hydrogen (secondary N) is 3. The molecule has 1 atom stereocenters. The number of hydrogen-bond acceptors (Lipinski definition) is 9. The van der Waals surface area contributed by atoms with Gasteiger partial charge in [-0.2, -0.15) is 5.26 Å². The zero-order chi connectivity index (χ0) is 29.0. The Morgan fingerprint density at radius 1 is 1.25 bits per heavy atom. The van der Waals surface area contributed by atoms with Gasteiger partial charge in [0.05, 0.1) is 27.7 Å². The average molecular weight is 562 g/mol. The molecule has 0 bridgehead atoms. The van der Waals surface area contributed by atoms with Crippen molar-refractivity contribution < 1.29 is 9.90 Å². The number of amides is 2. The number of carbonyl (C=O) groups is 1. The number of benzene rings is 2. The van der Waals surface area contributed by atoms with E-state index in [9.17, 15) is 20.0 Å². The summed E-state index contributed by atoms with van der Waals surface area (Å²) >= 11 is 6.41. The number of nitrogens with two attached hydrogens (primary N) is 1. The second kappa shape index (κ2) is 11.6. The number of rotatable bonds is 8. The van der Waals surface area contributed by atoms with Crippen molar-refractivity contribution in [1.29, 1.82) is 5.26 Å². The van der Waals surface area contributed by atoms with Gasteiger partial charge in [0.2, 0.25) is 0 Å². The van der Waals surface area contributed by atoms with Gasteiger partial charge in [-0.25, -0.2) is 19.7 Å². The summed E-state index contributed by atoms with van der Waals surface area (Å²) in [5.74, 6) is 0.501. The molecule has 206 valence electrons. The Morgan fingerprint density at radius 2 is 2.00 bits per heavy atom. The number of aliphatic hydroxyl groups is 1. The molecule has 4 rings (SSSR count). The van der Waals surface area contributed by atoms with Gasteiger partial charge < -0.3 is 26.8 Å².